The van der Waals surface area contributed by atoms with Crippen molar-refractivity contribution < 1.29 is 47.6 Å². The van der Waals surface area contributed by atoms with Gasteiger partial charge in [0.25, 0.3) is 5.67 Å². The molecule has 2 N–H and O–H groups in total. The minimum atomic E-state index is -3.10. The maximum Gasteiger partial charge on any atom is 0.410 e. The van der Waals surface area contributed by atoms with Gasteiger partial charge in [0.15, 0.2) is 17.7 Å². The number of aromatic nitrogens is 4. The number of carbonyl (C=O) groups is 3. The Morgan fingerprint density at radius 2 is 1.84 bits per heavy atom. The number of ketones is 1. The van der Waals surface area contributed by atoms with Crippen molar-refractivity contribution in [2.75, 3.05) is 34.3 Å². The first-order valence-electron chi connectivity index (χ1n) is 20.0. The van der Waals surface area contributed by atoms with Crippen LogP contribution in [0.4, 0.5) is 9.18 Å². The summed E-state index contributed by atoms with van der Waals surface area (Å²) in [6.07, 6.45) is 0.0451. The lowest BCUT2D eigenvalue weighted by molar-refractivity contribution is -0.289. The number of ether oxygens (including phenoxy) is 5. The van der Waals surface area contributed by atoms with Crippen molar-refractivity contribution in [2.45, 2.75) is 167 Å². The predicted molar refractivity (Wildman–Crippen MR) is 216 cm³/mol. The molecule has 0 aromatic carbocycles. The lowest BCUT2D eigenvalue weighted by Crippen LogP contribution is -2.61. The van der Waals surface area contributed by atoms with Gasteiger partial charge in [-0.1, -0.05) is 26.5 Å². The zero-order valence-electron chi connectivity index (χ0n) is 35.0. The summed E-state index contributed by atoms with van der Waals surface area (Å²) in [5.41, 5.74) is -4.99. The highest BCUT2D eigenvalue weighted by Gasteiger charge is 2.59. The summed E-state index contributed by atoms with van der Waals surface area (Å²) in [6.45, 7) is 13.3. The number of aliphatic hydroxyl groups excluding tert-OH is 1. The molecular formula is C40H66FN7O9S. The van der Waals surface area contributed by atoms with E-state index in [-0.39, 0.29) is 38.0 Å². The standard InChI is InChI=1S/C39H62FN7O9S.CH4/c1-11-29-39(7)32(47(36(51)56-39)16-13-12-15-46-22-26(43-44-46)33-41-14-17-57-33)25(4)42-21-23(2)20-37(5,52-10)30(19-28(48)38(6,40)35(50)55-29)54-34-31(49)27(45(8)9)18-24(3)53-34;/h14,17,22-25,27,29-32,34,42,49H,11-13,15-16,18-21H2,1-10H3;1H4/t23-,24?,25-,27?,29-,30-,31?,32-,34+,37-,38?,39-;/m1./s1. The molecule has 0 spiro atoms. The number of thiazole rings is 1. The summed E-state index contributed by atoms with van der Waals surface area (Å²) in [7, 11) is 5.19. The first-order chi connectivity index (χ1) is 26.8. The molecule has 2 aromatic heterocycles. The van der Waals surface area contributed by atoms with Crippen LogP contribution in [-0.4, -0.2) is 153 Å². The number of esters is 1. The summed E-state index contributed by atoms with van der Waals surface area (Å²) in [5, 5.41) is 26.0. The summed E-state index contributed by atoms with van der Waals surface area (Å²) in [4.78, 5) is 49.3. The second-order valence-corrected chi connectivity index (χ2v) is 17.6. The molecule has 18 heteroatoms. The zero-order chi connectivity index (χ0) is 41.9. The molecular weight excluding hydrogens is 774 g/mol. The lowest BCUT2D eigenvalue weighted by atomic mass is 9.83. The van der Waals surface area contributed by atoms with E-state index >= 15 is 4.39 Å². The van der Waals surface area contributed by atoms with Crippen molar-refractivity contribution >= 4 is 29.2 Å². The molecule has 58 heavy (non-hydrogen) atoms. The third-order valence-electron chi connectivity index (χ3n) is 12.0. The van der Waals surface area contributed by atoms with Gasteiger partial charge < -0.3 is 39.0 Å². The van der Waals surface area contributed by atoms with Gasteiger partial charge in [0.1, 0.15) is 22.9 Å². The smallest absolute Gasteiger partial charge is 0.410 e. The number of cyclic esters (lactones) is 1. The second kappa shape index (κ2) is 19.5. The number of Topliss-reactive ketones (excluding diaryl/α,β-unsaturated/α-hetero) is 1. The first-order valence-corrected chi connectivity index (χ1v) is 20.9. The first kappa shape index (κ1) is 47.5. The molecule has 4 unspecified atom stereocenters. The summed E-state index contributed by atoms with van der Waals surface area (Å²) >= 11 is 1.48. The van der Waals surface area contributed by atoms with E-state index in [1.54, 1.807) is 36.5 Å². The molecule has 0 radical (unpaired) electrons. The van der Waals surface area contributed by atoms with Crippen molar-refractivity contribution in [2.24, 2.45) is 5.92 Å². The van der Waals surface area contributed by atoms with Crippen molar-refractivity contribution in [3.05, 3.63) is 17.8 Å². The normalized spacial score (nSPS) is 36.7. The third kappa shape index (κ3) is 10.2. The van der Waals surface area contributed by atoms with E-state index in [2.05, 4.69) is 20.6 Å². The van der Waals surface area contributed by atoms with Gasteiger partial charge in [0, 0.05) is 50.3 Å². The Hall–Kier alpha value is -3.13. The molecule has 0 aliphatic carbocycles. The van der Waals surface area contributed by atoms with Crippen LogP contribution < -0.4 is 5.32 Å². The Morgan fingerprint density at radius 1 is 1.14 bits per heavy atom. The number of hydrogen-bond donors (Lipinski definition) is 2. The molecule has 12 atom stereocenters. The maximum absolute atomic E-state index is 16.7. The minimum absolute atomic E-state index is 0. The van der Waals surface area contributed by atoms with Gasteiger partial charge >= 0.3 is 12.1 Å². The van der Waals surface area contributed by atoms with Gasteiger partial charge in [-0.2, -0.15) is 0 Å². The van der Waals surface area contributed by atoms with Crippen LogP contribution in [-0.2, 0) is 39.8 Å². The van der Waals surface area contributed by atoms with E-state index < -0.39 is 71.8 Å². The average molecular weight is 840 g/mol. The van der Waals surface area contributed by atoms with E-state index in [9.17, 15) is 19.5 Å². The molecule has 16 nitrogen and oxygen atoms in total. The molecule has 0 saturated carbocycles. The van der Waals surface area contributed by atoms with Gasteiger partial charge in [-0.05, 0) is 93.3 Å². The number of rotatable bonds is 11. The number of aryl methyl sites for hydroxylation is 1. The van der Waals surface area contributed by atoms with E-state index in [4.69, 9.17) is 23.7 Å². The highest BCUT2D eigenvalue weighted by Crippen LogP contribution is 2.40. The van der Waals surface area contributed by atoms with Crippen LogP contribution in [0, 0.1) is 5.92 Å². The number of methoxy groups -OCH3 is 1. The van der Waals surface area contributed by atoms with Crippen LogP contribution >= 0.6 is 11.3 Å². The summed E-state index contributed by atoms with van der Waals surface area (Å²) in [6, 6.07) is -1.31. The largest absolute Gasteiger partial charge is 0.455 e. The minimum Gasteiger partial charge on any atom is -0.455 e. The summed E-state index contributed by atoms with van der Waals surface area (Å²) in [5.74, 6) is -2.57. The fraction of sp³-hybridized carbons (Fsp3) is 0.800. The number of unbranched alkanes of at least 4 members (excludes halogenated alkanes) is 1. The zero-order valence-corrected chi connectivity index (χ0v) is 35.8. The number of aliphatic hydroxyl groups is 1. The Labute approximate surface area is 346 Å². The highest BCUT2D eigenvalue weighted by atomic mass is 32.1. The maximum atomic E-state index is 16.7. The van der Waals surface area contributed by atoms with Crippen molar-refractivity contribution in [1.82, 2.24) is 35.1 Å². The Morgan fingerprint density at radius 3 is 2.48 bits per heavy atom. The molecule has 5 heterocycles. The van der Waals surface area contributed by atoms with Crippen molar-refractivity contribution in [3.8, 4) is 10.7 Å². The van der Waals surface area contributed by atoms with Gasteiger partial charge in [0.05, 0.1) is 30.0 Å². The van der Waals surface area contributed by atoms with Crippen LogP contribution in [0.3, 0.4) is 0 Å². The van der Waals surface area contributed by atoms with E-state index in [0.717, 1.165) is 11.9 Å². The Kier molecular flexibility index (Phi) is 16.0. The fourth-order valence-corrected chi connectivity index (χ4v) is 9.13. The topological polar surface area (TPSA) is 180 Å². The molecule has 3 aliphatic rings. The predicted octanol–water partition coefficient (Wildman–Crippen LogP) is 4.64. The number of amides is 1. The number of likely N-dealkylation sites (N-methyl/N-ethyl adjacent to an activating group) is 1. The molecule has 0 bridgehead atoms. The molecule has 1 amide bonds. The number of hydrogen-bond acceptors (Lipinski definition) is 15. The number of alkyl halides is 1. The van der Waals surface area contributed by atoms with E-state index in [1.807, 2.05) is 51.3 Å². The fourth-order valence-electron chi connectivity index (χ4n) is 8.55. The molecule has 3 fully saturated rings. The number of nitrogens with zero attached hydrogens (tertiary/aromatic N) is 6. The van der Waals surface area contributed by atoms with Gasteiger partial charge in [-0.25, -0.2) is 19.0 Å². The molecule has 3 saturated heterocycles. The molecule has 3 aliphatic heterocycles. The monoisotopic (exact) mass is 839 g/mol. The number of nitrogens with one attached hydrogen (secondary N) is 1. The lowest BCUT2D eigenvalue weighted by Gasteiger charge is -2.45. The molecule has 328 valence electrons. The van der Waals surface area contributed by atoms with Crippen LogP contribution in [0.5, 0.6) is 0 Å². The third-order valence-corrected chi connectivity index (χ3v) is 12.8. The second-order valence-electron chi connectivity index (χ2n) is 16.8. The van der Waals surface area contributed by atoms with Crippen molar-refractivity contribution in [1.29, 1.82) is 0 Å². The van der Waals surface area contributed by atoms with Crippen LogP contribution in [0.25, 0.3) is 10.7 Å². The van der Waals surface area contributed by atoms with Gasteiger partial charge in [-0.3, -0.25) is 14.4 Å². The van der Waals surface area contributed by atoms with Crippen LogP contribution in [0.2, 0.25) is 0 Å². The van der Waals surface area contributed by atoms with Gasteiger partial charge in [-0.15, -0.1) is 16.4 Å². The summed E-state index contributed by atoms with van der Waals surface area (Å²) < 4.78 is 48.9. The number of fused-ring (bicyclic) bond motifs is 1. The average Bonchev–Trinajstić information content (AvgIpc) is 3.91. The SMILES string of the molecule is C.CC[C@H]1OC(=O)C(C)(F)C(=O)C[C@@H](O[C@@H]2OC(C)CC(N(C)C)C2O)[C@](C)(OC)C[C@@H](C)CN[C@H](C)[C@H]2N(CCCCn3cc(-c4nccs4)nn3)C(=O)O[C@]12C. The number of halogens is 1. The number of carbonyl (C=O) groups excluding carboxylic acids is 3. The highest BCUT2D eigenvalue weighted by molar-refractivity contribution is 7.13. The van der Waals surface area contributed by atoms with Crippen molar-refractivity contribution in [3.63, 3.8) is 0 Å². The van der Waals surface area contributed by atoms with Gasteiger partial charge in [0.2, 0.25) is 0 Å². The Bertz CT molecular complexity index is 1670. The van der Waals surface area contributed by atoms with Crippen LogP contribution in [0.1, 0.15) is 94.4 Å². The van der Waals surface area contributed by atoms with E-state index in [1.165, 1.54) is 18.4 Å². The molecule has 2 aromatic rings. The molecule has 5 rings (SSSR count). The van der Waals surface area contributed by atoms with E-state index in [0.29, 0.717) is 51.0 Å². The quantitative estimate of drug-likeness (QED) is 0.182. The van der Waals surface area contributed by atoms with Crippen LogP contribution in [0.15, 0.2) is 17.8 Å². The Balaban J connectivity index is 0.00000744.